The first-order valence-corrected chi connectivity index (χ1v) is 7.08. The van der Waals surface area contributed by atoms with E-state index in [-0.39, 0.29) is 18.4 Å². The number of rotatable bonds is 5. The lowest BCUT2D eigenvalue weighted by atomic mass is 10.1. The molecule has 1 atom stereocenters. The van der Waals surface area contributed by atoms with Gasteiger partial charge in [-0.05, 0) is 37.1 Å². The highest BCUT2D eigenvalue weighted by atomic mass is 35.5. The highest BCUT2D eigenvalue weighted by molar-refractivity contribution is 6.33. The standard InChI is InChI=1S/C15H19ClN4.ClH/c1-3-4-14(17)11-7-13(16)15(19-8-11)20-12-6-5-10(2)18-9-12;/h5-9,14H,3-4,17H2,1-2H3,(H,19,20);1H/t14-;/m0./s1. The Bertz CT molecular complexity index is 572. The van der Waals surface area contributed by atoms with Gasteiger partial charge >= 0.3 is 0 Å². The molecule has 0 aliphatic rings. The fraction of sp³-hybridized carbons (Fsp3) is 0.333. The smallest absolute Gasteiger partial charge is 0.149 e. The van der Waals surface area contributed by atoms with Crippen LogP contribution < -0.4 is 11.1 Å². The van der Waals surface area contributed by atoms with E-state index in [1.54, 1.807) is 12.4 Å². The van der Waals surface area contributed by atoms with E-state index in [1.165, 1.54) is 0 Å². The molecule has 2 aromatic heterocycles. The van der Waals surface area contributed by atoms with Crippen molar-refractivity contribution in [2.45, 2.75) is 32.7 Å². The molecule has 0 spiro atoms. The van der Waals surface area contributed by atoms with Crippen LogP contribution in [0, 0.1) is 6.92 Å². The molecule has 0 fully saturated rings. The quantitative estimate of drug-likeness (QED) is 0.854. The van der Waals surface area contributed by atoms with Gasteiger partial charge in [0.25, 0.3) is 0 Å². The van der Waals surface area contributed by atoms with Gasteiger partial charge in [-0.3, -0.25) is 4.98 Å². The van der Waals surface area contributed by atoms with Crippen molar-refractivity contribution in [1.82, 2.24) is 9.97 Å². The Morgan fingerprint density at radius 2 is 2.05 bits per heavy atom. The molecule has 0 saturated heterocycles. The molecule has 0 amide bonds. The number of nitrogens with one attached hydrogen (secondary N) is 1. The molecular weight excluding hydrogens is 307 g/mol. The lowest BCUT2D eigenvalue weighted by molar-refractivity contribution is 0.636. The van der Waals surface area contributed by atoms with Crippen LogP contribution >= 0.6 is 24.0 Å². The number of nitrogens with zero attached hydrogens (tertiary/aromatic N) is 2. The Kier molecular flexibility index (Phi) is 6.89. The maximum absolute atomic E-state index is 6.25. The van der Waals surface area contributed by atoms with Crippen LogP contribution in [0.3, 0.4) is 0 Å². The Balaban J connectivity index is 0.00000220. The lowest BCUT2D eigenvalue weighted by Crippen LogP contribution is -2.10. The van der Waals surface area contributed by atoms with Crippen molar-refractivity contribution in [2.75, 3.05) is 5.32 Å². The van der Waals surface area contributed by atoms with Gasteiger partial charge in [-0.1, -0.05) is 24.9 Å². The number of nitrogens with two attached hydrogens (primary N) is 1. The SMILES string of the molecule is CCC[C@H](N)c1cnc(Nc2ccc(C)nc2)c(Cl)c1.Cl. The molecule has 0 aromatic carbocycles. The van der Waals surface area contributed by atoms with Crippen LogP contribution in [0.15, 0.2) is 30.6 Å². The van der Waals surface area contributed by atoms with Gasteiger partial charge in [0.15, 0.2) is 0 Å². The molecule has 2 rings (SSSR count). The van der Waals surface area contributed by atoms with E-state index < -0.39 is 0 Å². The van der Waals surface area contributed by atoms with E-state index in [4.69, 9.17) is 17.3 Å². The van der Waals surface area contributed by atoms with Crippen LogP contribution in [0.25, 0.3) is 0 Å². The van der Waals surface area contributed by atoms with E-state index in [9.17, 15) is 0 Å². The van der Waals surface area contributed by atoms with E-state index in [1.807, 2.05) is 25.1 Å². The molecule has 2 aromatic rings. The zero-order chi connectivity index (χ0) is 14.5. The van der Waals surface area contributed by atoms with Gasteiger partial charge < -0.3 is 11.1 Å². The summed E-state index contributed by atoms with van der Waals surface area (Å²) in [6.45, 7) is 4.05. The van der Waals surface area contributed by atoms with Gasteiger partial charge in [0, 0.05) is 17.9 Å². The summed E-state index contributed by atoms with van der Waals surface area (Å²) in [4.78, 5) is 8.57. The molecule has 0 aliphatic heterocycles. The lowest BCUT2D eigenvalue weighted by Gasteiger charge is -2.13. The van der Waals surface area contributed by atoms with Gasteiger partial charge in [-0.15, -0.1) is 12.4 Å². The number of hydrogen-bond donors (Lipinski definition) is 2. The van der Waals surface area contributed by atoms with Crippen LogP contribution in [-0.2, 0) is 0 Å². The molecular formula is C15H20Cl2N4. The predicted molar refractivity (Wildman–Crippen MR) is 90.6 cm³/mol. The van der Waals surface area contributed by atoms with Crippen LogP contribution in [0.5, 0.6) is 0 Å². The van der Waals surface area contributed by atoms with E-state index in [0.717, 1.165) is 29.8 Å². The summed E-state index contributed by atoms with van der Waals surface area (Å²) in [5, 5.41) is 3.72. The maximum Gasteiger partial charge on any atom is 0.149 e. The number of aryl methyl sites for hydroxylation is 1. The molecule has 3 N–H and O–H groups in total. The van der Waals surface area contributed by atoms with Gasteiger partial charge in [0.2, 0.25) is 0 Å². The van der Waals surface area contributed by atoms with Crippen LogP contribution in [0.4, 0.5) is 11.5 Å². The molecule has 0 aliphatic carbocycles. The highest BCUT2D eigenvalue weighted by Gasteiger charge is 2.09. The molecule has 21 heavy (non-hydrogen) atoms. The second-order valence-corrected chi connectivity index (χ2v) is 5.21. The Labute approximate surface area is 136 Å². The third-order valence-electron chi connectivity index (χ3n) is 3.06. The van der Waals surface area contributed by atoms with Crippen molar-refractivity contribution in [3.8, 4) is 0 Å². The van der Waals surface area contributed by atoms with Gasteiger partial charge in [-0.2, -0.15) is 0 Å². The van der Waals surface area contributed by atoms with Crippen molar-refractivity contribution < 1.29 is 0 Å². The molecule has 114 valence electrons. The average Bonchev–Trinajstić information content (AvgIpc) is 2.43. The van der Waals surface area contributed by atoms with Crippen molar-refractivity contribution in [2.24, 2.45) is 5.73 Å². The normalized spacial score (nSPS) is 11.6. The van der Waals surface area contributed by atoms with Gasteiger partial charge in [0.05, 0.1) is 16.9 Å². The summed E-state index contributed by atoms with van der Waals surface area (Å²) >= 11 is 6.25. The van der Waals surface area contributed by atoms with E-state index >= 15 is 0 Å². The number of anilines is 2. The number of pyridine rings is 2. The third-order valence-corrected chi connectivity index (χ3v) is 3.35. The minimum Gasteiger partial charge on any atom is -0.338 e. The minimum atomic E-state index is -0.0138. The summed E-state index contributed by atoms with van der Waals surface area (Å²) in [5.41, 5.74) is 8.85. The summed E-state index contributed by atoms with van der Waals surface area (Å²) in [6.07, 6.45) is 5.49. The Morgan fingerprint density at radius 1 is 1.29 bits per heavy atom. The Hall–Kier alpha value is -1.36. The van der Waals surface area contributed by atoms with Crippen molar-refractivity contribution in [3.05, 3.63) is 46.9 Å². The summed E-state index contributed by atoms with van der Waals surface area (Å²) < 4.78 is 0. The monoisotopic (exact) mass is 326 g/mol. The summed E-state index contributed by atoms with van der Waals surface area (Å²) in [7, 11) is 0. The summed E-state index contributed by atoms with van der Waals surface area (Å²) in [5.74, 6) is 0.616. The predicted octanol–water partition coefficient (Wildman–Crippen LogP) is 4.40. The number of halogens is 2. The number of aromatic nitrogens is 2. The minimum absolute atomic E-state index is 0. The largest absolute Gasteiger partial charge is 0.338 e. The molecule has 4 nitrogen and oxygen atoms in total. The van der Waals surface area contributed by atoms with Gasteiger partial charge in [0.1, 0.15) is 5.82 Å². The second-order valence-electron chi connectivity index (χ2n) is 4.81. The third kappa shape index (κ3) is 4.84. The Morgan fingerprint density at radius 3 is 2.62 bits per heavy atom. The fourth-order valence-electron chi connectivity index (χ4n) is 1.90. The van der Waals surface area contributed by atoms with E-state index in [2.05, 4.69) is 22.2 Å². The first kappa shape index (κ1) is 17.7. The summed E-state index contributed by atoms with van der Waals surface area (Å²) in [6, 6.07) is 5.73. The molecule has 0 bridgehead atoms. The molecule has 0 unspecified atom stereocenters. The van der Waals surface area contributed by atoms with Crippen LogP contribution in [0.2, 0.25) is 5.02 Å². The second kappa shape index (κ2) is 8.17. The molecule has 6 heteroatoms. The fourth-order valence-corrected chi connectivity index (χ4v) is 2.13. The topological polar surface area (TPSA) is 63.8 Å². The van der Waals surface area contributed by atoms with Crippen LogP contribution in [-0.4, -0.2) is 9.97 Å². The van der Waals surface area contributed by atoms with E-state index in [0.29, 0.717) is 10.8 Å². The number of hydrogen-bond acceptors (Lipinski definition) is 4. The van der Waals surface area contributed by atoms with Crippen molar-refractivity contribution >= 4 is 35.5 Å². The zero-order valence-electron chi connectivity index (χ0n) is 12.1. The van der Waals surface area contributed by atoms with Crippen molar-refractivity contribution in [3.63, 3.8) is 0 Å². The van der Waals surface area contributed by atoms with Crippen LogP contribution in [0.1, 0.15) is 37.1 Å². The average molecular weight is 327 g/mol. The highest BCUT2D eigenvalue weighted by Crippen LogP contribution is 2.26. The molecule has 0 saturated carbocycles. The van der Waals surface area contributed by atoms with Gasteiger partial charge in [-0.25, -0.2) is 4.98 Å². The first-order valence-electron chi connectivity index (χ1n) is 6.71. The first-order chi connectivity index (χ1) is 9.60. The zero-order valence-corrected chi connectivity index (χ0v) is 13.7. The molecule has 0 radical (unpaired) electrons. The maximum atomic E-state index is 6.25. The van der Waals surface area contributed by atoms with Crippen molar-refractivity contribution in [1.29, 1.82) is 0 Å². The molecule has 2 heterocycles.